The third kappa shape index (κ3) is 6.19. The molecule has 2 heterocycles. The molecule has 0 fully saturated rings. The predicted molar refractivity (Wildman–Crippen MR) is 151 cm³/mol. The summed E-state index contributed by atoms with van der Waals surface area (Å²) in [5.74, 6) is 1.50. The quantitative estimate of drug-likeness (QED) is 0.249. The van der Waals surface area contributed by atoms with E-state index in [0.29, 0.717) is 39.9 Å². The summed E-state index contributed by atoms with van der Waals surface area (Å²) in [4.78, 5) is 14.0. The second-order valence-electron chi connectivity index (χ2n) is 8.66. The maximum absolute atomic E-state index is 9.13. The van der Waals surface area contributed by atoms with E-state index >= 15 is 0 Å². The van der Waals surface area contributed by atoms with Crippen molar-refractivity contribution in [3.05, 3.63) is 88.9 Å². The molecule has 2 aromatic carbocycles. The van der Waals surface area contributed by atoms with Crippen LogP contribution in [0.3, 0.4) is 0 Å². The van der Waals surface area contributed by atoms with Gasteiger partial charge in [-0.05, 0) is 79.1 Å². The van der Waals surface area contributed by atoms with Crippen molar-refractivity contribution in [2.75, 3.05) is 24.9 Å². The number of nitrogens with one attached hydrogen (secondary N) is 2. The molecule has 0 bridgehead atoms. The van der Waals surface area contributed by atoms with E-state index in [0.717, 1.165) is 28.1 Å². The number of hydrogen-bond acceptors (Lipinski definition) is 9. The SMILES string of the molecule is COCc1nc(Nc2ccc(C#N)cc2)nc(Nc2c(C)cc(/C=C/C#N)cc2C)c1-c1cnccc1OC. The molecule has 2 aromatic heterocycles. The third-order valence-electron chi connectivity index (χ3n) is 5.95. The second kappa shape index (κ2) is 12.3. The van der Waals surface area contributed by atoms with Gasteiger partial charge in [-0.15, -0.1) is 0 Å². The second-order valence-corrected chi connectivity index (χ2v) is 8.66. The van der Waals surface area contributed by atoms with E-state index < -0.39 is 0 Å². The molecule has 0 unspecified atom stereocenters. The van der Waals surface area contributed by atoms with Crippen molar-refractivity contribution < 1.29 is 9.47 Å². The van der Waals surface area contributed by atoms with E-state index in [2.05, 4.69) is 21.7 Å². The molecule has 9 nitrogen and oxygen atoms in total. The zero-order valence-electron chi connectivity index (χ0n) is 22.1. The Bertz CT molecular complexity index is 1580. The number of allylic oxidation sites excluding steroid dienone is 1. The van der Waals surface area contributed by atoms with Crippen LogP contribution in [-0.4, -0.2) is 29.2 Å². The molecule has 0 amide bonds. The number of rotatable bonds is 9. The fourth-order valence-electron chi connectivity index (χ4n) is 4.22. The molecule has 0 saturated carbocycles. The molecular weight excluding hydrogens is 490 g/mol. The number of ether oxygens (including phenoxy) is 2. The van der Waals surface area contributed by atoms with Gasteiger partial charge >= 0.3 is 0 Å². The lowest BCUT2D eigenvalue weighted by Crippen LogP contribution is -2.10. The Morgan fingerprint density at radius 1 is 0.974 bits per heavy atom. The Kier molecular flexibility index (Phi) is 8.47. The largest absolute Gasteiger partial charge is 0.496 e. The minimum Gasteiger partial charge on any atom is -0.496 e. The highest BCUT2D eigenvalue weighted by molar-refractivity contribution is 5.85. The van der Waals surface area contributed by atoms with Crippen LogP contribution in [0.4, 0.5) is 23.1 Å². The van der Waals surface area contributed by atoms with E-state index in [4.69, 9.17) is 30.0 Å². The summed E-state index contributed by atoms with van der Waals surface area (Å²) >= 11 is 0. The molecule has 0 aliphatic carbocycles. The lowest BCUT2D eigenvalue weighted by molar-refractivity contribution is 0.182. The molecule has 0 spiro atoms. The molecule has 0 aliphatic rings. The van der Waals surface area contributed by atoms with Gasteiger partial charge in [-0.1, -0.05) is 0 Å². The lowest BCUT2D eigenvalue weighted by Gasteiger charge is -2.20. The molecule has 39 heavy (non-hydrogen) atoms. The van der Waals surface area contributed by atoms with Crippen molar-refractivity contribution in [2.24, 2.45) is 0 Å². The minimum absolute atomic E-state index is 0.211. The smallest absolute Gasteiger partial charge is 0.229 e. The monoisotopic (exact) mass is 517 g/mol. The summed E-state index contributed by atoms with van der Waals surface area (Å²) in [7, 11) is 3.21. The van der Waals surface area contributed by atoms with Crippen molar-refractivity contribution in [1.29, 1.82) is 10.5 Å². The number of pyridine rings is 1. The standard InChI is InChI=1S/C30H27N7O2/c1-19-14-22(6-5-12-31)15-20(2)28(19)36-29-27(24-17-33-13-11-26(24)39-4)25(18-38-3)35-30(37-29)34-23-9-7-21(16-32)8-10-23/h5-11,13-15,17H,18H2,1-4H3,(H2,34,35,36,37)/b6-5+. The molecule has 0 atom stereocenters. The van der Waals surface area contributed by atoms with Gasteiger partial charge in [0.1, 0.15) is 11.6 Å². The topological polar surface area (TPSA) is 129 Å². The Morgan fingerprint density at radius 3 is 2.36 bits per heavy atom. The maximum atomic E-state index is 9.13. The average Bonchev–Trinajstić information content (AvgIpc) is 2.94. The van der Waals surface area contributed by atoms with Crippen LogP contribution in [0.25, 0.3) is 17.2 Å². The van der Waals surface area contributed by atoms with Crippen LogP contribution in [0.15, 0.2) is 60.9 Å². The van der Waals surface area contributed by atoms with E-state index in [1.165, 1.54) is 6.08 Å². The van der Waals surface area contributed by atoms with Crippen molar-refractivity contribution in [3.8, 4) is 29.0 Å². The normalized spacial score (nSPS) is 10.6. The van der Waals surface area contributed by atoms with Gasteiger partial charge in [-0.2, -0.15) is 15.5 Å². The highest BCUT2D eigenvalue weighted by atomic mass is 16.5. The number of nitrogens with zero attached hydrogens (tertiary/aromatic N) is 5. The number of benzene rings is 2. The minimum atomic E-state index is 0.211. The highest BCUT2D eigenvalue weighted by Gasteiger charge is 2.21. The first-order valence-corrected chi connectivity index (χ1v) is 12.1. The summed E-state index contributed by atoms with van der Waals surface area (Å²) in [5, 5.41) is 24.8. The predicted octanol–water partition coefficient (Wildman–Crippen LogP) is 6.21. The fraction of sp³-hybridized carbons (Fsp3) is 0.167. The molecule has 0 saturated heterocycles. The van der Waals surface area contributed by atoms with E-state index in [-0.39, 0.29) is 6.61 Å². The van der Waals surface area contributed by atoms with Crippen molar-refractivity contribution in [3.63, 3.8) is 0 Å². The van der Waals surface area contributed by atoms with Gasteiger partial charge in [0.05, 0.1) is 42.7 Å². The molecular formula is C30H27N7O2. The molecule has 4 rings (SSSR count). The fourth-order valence-corrected chi connectivity index (χ4v) is 4.22. The molecule has 4 aromatic rings. The summed E-state index contributed by atoms with van der Waals surface area (Å²) in [5.41, 5.74) is 7.08. The highest BCUT2D eigenvalue weighted by Crippen LogP contribution is 2.39. The van der Waals surface area contributed by atoms with E-state index in [9.17, 15) is 0 Å². The van der Waals surface area contributed by atoms with Crippen LogP contribution in [0.5, 0.6) is 5.75 Å². The third-order valence-corrected chi connectivity index (χ3v) is 5.95. The number of anilines is 4. The lowest BCUT2D eigenvalue weighted by atomic mass is 10.0. The van der Waals surface area contributed by atoms with Gasteiger partial charge in [-0.3, -0.25) is 4.98 Å². The van der Waals surface area contributed by atoms with Gasteiger partial charge in [0.25, 0.3) is 0 Å². The summed E-state index contributed by atoms with van der Waals surface area (Å²) in [6, 6.07) is 17.0. The van der Waals surface area contributed by atoms with Crippen LogP contribution in [-0.2, 0) is 11.3 Å². The Hall–Kier alpha value is -5.25. The summed E-state index contributed by atoms with van der Waals surface area (Å²) in [6.07, 6.45) is 6.60. The zero-order chi connectivity index (χ0) is 27.8. The molecule has 194 valence electrons. The average molecular weight is 518 g/mol. The van der Waals surface area contributed by atoms with Crippen molar-refractivity contribution in [1.82, 2.24) is 15.0 Å². The molecule has 0 aliphatic heterocycles. The number of methoxy groups -OCH3 is 2. The zero-order valence-corrected chi connectivity index (χ0v) is 22.1. The molecule has 0 radical (unpaired) electrons. The van der Waals surface area contributed by atoms with Crippen LogP contribution in [0, 0.1) is 36.5 Å². The van der Waals surface area contributed by atoms with Crippen LogP contribution >= 0.6 is 0 Å². The van der Waals surface area contributed by atoms with Crippen molar-refractivity contribution >= 4 is 29.2 Å². The molecule has 2 N–H and O–H groups in total. The first-order chi connectivity index (χ1) is 19.0. The Labute approximate surface area is 227 Å². The van der Waals surface area contributed by atoms with Crippen LogP contribution in [0.1, 0.15) is 27.9 Å². The maximum Gasteiger partial charge on any atom is 0.229 e. The van der Waals surface area contributed by atoms with Crippen LogP contribution < -0.4 is 15.4 Å². The van der Waals surface area contributed by atoms with Crippen LogP contribution in [0.2, 0.25) is 0 Å². The van der Waals surface area contributed by atoms with Gasteiger partial charge in [0.15, 0.2) is 0 Å². The Morgan fingerprint density at radius 2 is 1.72 bits per heavy atom. The van der Waals surface area contributed by atoms with Gasteiger partial charge in [0.2, 0.25) is 5.95 Å². The summed E-state index contributed by atoms with van der Waals surface area (Å²) in [6.45, 7) is 4.20. The number of nitriles is 2. The number of aromatic nitrogens is 3. The first-order valence-electron chi connectivity index (χ1n) is 12.1. The van der Waals surface area contributed by atoms with E-state index in [1.807, 2.05) is 32.0 Å². The van der Waals surface area contributed by atoms with Gasteiger partial charge in [0, 0.05) is 42.5 Å². The number of aryl methyl sites for hydroxylation is 2. The van der Waals surface area contributed by atoms with Gasteiger partial charge < -0.3 is 20.1 Å². The first kappa shape index (κ1) is 26.8. The number of hydrogen-bond donors (Lipinski definition) is 2. The van der Waals surface area contributed by atoms with Gasteiger partial charge in [-0.25, -0.2) is 4.98 Å². The summed E-state index contributed by atoms with van der Waals surface area (Å²) < 4.78 is 11.2. The van der Waals surface area contributed by atoms with Crippen molar-refractivity contribution in [2.45, 2.75) is 20.5 Å². The molecule has 9 heteroatoms. The Balaban J connectivity index is 1.89. The van der Waals surface area contributed by atoms with E-state index in [1.54, 1.807) is 63.0 Å².